The summed E-state index contributed by atoms with van der Waals surface area (Å²) in [6.07, 6.45) is -5.13. The zero-order valence-corrected chi connectivity index (χ0v) is 10.5. The van der Waals surface area contributed by atoms with Crippen LogP contribution in [0.2, 0.25) is 0 Å². The summed E-state index contributed by atoms with van der Waals surface area (Å²) in [6, 6.07) is 4.81. The van der Waals surface area contributed by atoms with Crippen molar-refractivity contribution in [2.75, 3.05) is 19.0 Å². The number of thiocarbonyl (C=S) groups is 1. The van der Waals surface area contributed by atoms with Crippen LogP contribution in [0.5, 0.6) is 5.75 Å². The second-order valence-corrected chi connectivity index (χ2v) is 4.01. The average Bonchev–Trinajstić information content (AvgIpc) is 2.26. The predicted molar refractivity (Wildman–Crippen MR) is 68.0 cm³/mol. The van der Waals surface area contributed by atoms with Gasteiger partial charge in [-0.25, -0.2) is 0 Å². The third-order valence-electron chi connectivity index (χ3n) is 2.22. The Morgan fingerprint density at radius 3 is 2.61 bits per heavy atom. The molecule has 3 N–H and O–H groups in total. The molecule has 0 saturated heterocycles. The van der Waals surface area contributed by atoms with E-state index in [1.807, 2.05) is 0 Å². The molecule has 0 heterocycles. The molecule has 0 atom stereocenters. The number of methoxy groups -OCH3 is 1. The summed E-state index contributed by atoms with van der Waals surface area (Å²) in [5.74, 6) is 0.518. The maximum atomic E-state index is 12.0. The normalized spacial score (nSPS) is 11.1. The number of ether oxygens (including phenoxy) is 1. The Kier molecular flexibility index (Phi) is 4.77. The van der Waals surface area contributed by atoms with Crippen LogP contribution in [0.15, 0.2) is 18.2 Å². The van der Waals surface area contributed by atoms with Crippen molar-refractivity contribution in [1.29, 1.82) is 0 Å². The standard InChI is InChI=1S/C11H13F3N2OS/c1-17-7-2-3-8(10(15)18)9(6-7)16-5-4-11(12,13)14/h2-3,6,16H,4-5H2,1H3,(H2,15,18). The van der Waals surface area contributed by atoms with Crippen molar-refractivity contribution in [2.45, 2.75) is 12.6 Å². The second kappa shape index (κ2) is 5.90. The Morgan fingerprint density at radius 2 is 2.11 bits per heavy atom. The Bertz CT molecular complexity index is 435. The maximum Gasteiger partial charge on any atom is 0.390 e. The van der Waals surface area contributed by atoms with Crippen LogP contribution in [0.25, 0.3) is 0 Å². The van der Waals surface area contributed by atoms with Crippen molar-refractivity contribution in [1.82, 2.24) is 0 Å². The van der Waals surface area contributed by atoms with Crippen molar-refractivity contribution >= 4 is 22.9 Å². The molecule has 0 amide bonds. The van der Waals surface area contributed by atoms with Gasteiger partial charge >= 0.3 is 6.18 Å². The van der Waals surface area contributed by atoms with Crippen LogP contribution in [-0.2, 0) is 0 Å². The van der Waals surface area contributed by atoms with Crippen molar-refractivity contribution in [2.24, 2.45) is 5.73 Å². The van der Waals surface area contributed by atoms with Gasteiger partial charge in [0.1, 0.15) is 10.7 Å². The molecular formula is C11H13F3N2OS. The zero-order valence-electron chi connectivity index (χ0n) is 9.67. The second-order valence-electron chi connectivity index (χ2n) is 3.57. The van der Waals surface area contributed by atoms with Gasteiger partial charge in [-0.1, -0.05) is 12.2 Å². The first-order chi connectivity index (χ1) is 8.33. The van der Waals surface area contributed by atoms with Crippen LogP contribution in [0, 0.1) is 0 Å². The fourth-order valence-electron chi connectivity index (χ4n) is 1.35. The van der Waals surface area contributed by atoms with Crippen LogP contribution in [0.4, 0.5) is 18.9 Å². The van der Waals surface area contributed by atoms with Crippen molar-refractivity contribution in [3.63, 3.8) is 0 Å². The molecule has 0 aliphatic rings. The molecule has 1 rings (SSSR count). The molecule has 0 spiro atoms. The Labute approximate surface area is 108 Å². The summed E-state index contributed by atoms with van der Waals surface area (Å²) >= 11 is 4.83. The smallest absolute Gasteiger partial charge is 0.390 e. The third-order valence-corrected chi connectivity index (χ3v) is 2.44. The fourth-order valence-corrected chi connectivity index (χ4v) is 1.53. The Hall–Kier alpha value is -1.50. The number of nitrogens with two attached hydrogens (primary N) is 1. The lowest BCUT2D eigenvalue weighted by Gasteiger charge is -2.13. The van der Waals surface area contributed by atoms with Crippen LogP contribution in [-0.4, -0.2) is 24.8 Å². The highest BCUT2D eigenvalue weighted by atomic mass is 32.1. The van der Waals surface area contributed by atoms with Gasteiger partial charge < -0.3 is 15.8 Å². The molecule has 0 bridgehead atoms. The average molecular weight is 278 g/mol. The van der Waals surface area contributed by atoms with E-state index >= 15 is 0 Å². The number of rotatable bonds is 5. The lowest BCUT2D eigenvalue weighted by Crippen LogP contribution is -2.17. The number of benzene rings is 1. The number of alkyl halides is 3. The molecule has 0 saturated carbocycles. The topological polar surface area (TPSA) is 47.3 Å². The summed E-state index contributed by atoms with van der Waals surface area (Å²) in [4.78, 5) is 0.118. The van der Waals surface area contributed by atoms with Gasteiger partial charge in [-0.05, 0) is 12.1 Å². The summed E-state index contributed by atoms with van der Waals surface area (Å²) in [5.41, 5.74) is 6.42. The lowest BCUT2D eigenvalue weighted by molar-refractivity contribution is -0.131. The SMILES string of the molecule is COc1ccc(C(N)=S)c(NCCC(F)(F)F)c1. The quantitative estimate of drug-likeness (QED) is 0.813. The van der Waals surface area contributed by atoms with E-state index in [0.717, 1.165) is 0 Å². The molecule has 0 aromatic heterocycles. The van der Waals surface area contributed by atoms with Crippen molar-refractivity contribution in [3.05, 3.63) is 23.8 Å². The van der Waals surface area contributed by atoms with Gasteiger partial charge in [-0.2, -0.15) is 13.2 Å². The molecule has 3 nitrogen and oxygen atoms in total. The molecule has 0 aliphatic carbocycles. The van der Waals surface area contributed by atoms with Crippen molar-refractivity contribution in [3.8, 4) is 5.75 Å². The lowest BCUT2D eigenvalue weighted by atomic mass is 10.1. The first-order valence-corrected chi connectivity index (χ1v) is 5.53. The molecule has 0 fully saturated rings. The van der Waals surface area contributed by atoms with E-state index in [1.165, 1.54) is 7.11 Å². The number of hydrogen-bond acceptors (Lipinski definition) is 3. The van der Waals surface area contributed by atoms with E-state index in [2.05, 4.69) is 5.32 Å². The highest BCUT2D eigenvalue weighted by molar-refractivity contribution is 7.80. The molecule has 0 radical (unpaired) electrons. The molecule has 0 unspecified atom stereocenters. The van der Waals surface area contributed by atoms with E-state index in [-0.39, 0.29) is 11.5 Å². The first kappa shape index (κ1) is 14.6. The predicted octanol–water partition coefficient (Wildman–Crippen LogP) is 2.69. The molecule has 1 aromatic rings. The largest absolute Gasteiger partial charge is 0.497 e. The van der Waals surface area contributed by atoms with Crippen molar-refractivity contribution < 1.29 is 17.9 Å². The van der Waals surface area contributed by atoms with Gasteiger partial charge in [0.2, 0.25) is 0 Å². The summed E-state index contributed by atoms with van der Waals surface area (Å²) in [7, 11) is 1.47. The van der Waals surface area contributed by atoms with Gasteiger partial charge in [0.25, 0.3) is 0 Å². The van der Waals surface area contributed by atoms with Gasteiger partial charge in [0.05, 0.1) is 13.5 Å². The highest BCUT2D eigenvalue weighted by Gasteiger charge is 2.26. The van der Waals surface area contributed by atoms with E-state index < -0.39 is 12.6 Å². The summed E-state index contributed by atoms with van der Waals surface area (Å²) in [6.45, 7) is -0.244. The minimum atomic E-state index is -4.20. The molecule has 1 aromatic carbocycles. The molecule has 0 aliphatic heterocycles. The number of halogens is 3. The van der Waals surface area contributed by atoms with E-state index in [1.54, 1.807) is 18.2 Å². The van der Waals surface area contributed by atoms with Crippen LogP contribution < -0.4 is 15.8 Å². The molecule has 18 heavy (non-hydrogen) atoms. The summed E-state index contributed by atoms with van der Waals surface area (Å²) in [5, 5.41) is 2.66. The minimum Gasteiger partial charge on any atom is -0.497 e. The molecular weight excluding hydrogens is 265 g/mol. The van der Waals surface area contributed by atoms with Crippen LogP contribution in [0.3, 0.4) is 0 Å². The van der Waals surface area contributed by atoms with E-state index in [0.29, 0.717) is 17.0 Å². The zero-order chi connectivity index (χ0) is 13.8. The van der Waals surface area contributed by atoms with Gasteiger partial charge in [-0.3, -0.25) is 0 Å². The highest BCUT2D eigenvalue weighted by Crippen LogP contribution is 2.24. The maximum absolute atomic E-state index is 12.0. The van der Waals surface area contributed by atoms with E-state index in [4.69, 9.17) is 22.7 Å². The third kappa shape index (κ3) is 4.40. The number of nitrogens with one attached hydrogen (secondary N) is 1. The first-order valence-electron chi connectivity index (χ1n) is 5.12. The van der Waals surface area contributed by atoms with E-state index in [9.17, 15) is 13.2 Å². The monoisotopic (exact) mass is 278 g/mol. The van der Waals surface area contributed by atoms with Gasteiger partial charge in [0, 0.05) is 23.9 Å². The Morgan fingerprint density at radius 1 is 1.44 bits per heavy atom. The van der Waals surface area contributed by atoms with Gasteiger partial charge in [0.15, 0.2) is 0 Å². The summed E-state index contributed by atoms with van der Waals surface area (Å²) < 4.78 is 41.1. The number of hydrogen-bond donors (Lipinski definition) is 2. The van der Waals surface area contributed by atoms with Crippen LogP contribution in [0.1, 0.15) is 12.0 Å². The Balaban J connectivity index is 2.81. The number of anilines is 1. The molecule has 7 heteroatoms. The fraction of sp³-hybridized carbons (Fsp3) is 0.364. The minimum absolute atomic E-state index is 0.118. The molecule has 100 valence electrons. The van der Waals surface area contributed by atoms with Crippen LogP contribution >= 0.6 is 12.2 Å². The van der Waals surface area contributed by atoms with Gasteiger partial charge in [-0.15, -0.1) is 0 Å².